The van der Waals surface area contributed by atoms with Crippen molar-refractivity contribution in [3.8, 4) is 11.1 Å². The molecule has 0 atom stereocenters. The summed E-state index contributed by atoms with van der Waals surface area (Å²) >= 11 is 1.73. The smallest absolute Gasteiger partial charge is 0.254 e. The second kappa shape index (κ2) is 12.2. The summed E-state index contributed by atoms with van der Waals surface area (Å²) in [5, 5.41) is 2.20. The highest BCUT2D eigenvalue weighted by Crippen LogP contribution is 2.55. The molecule has 0 amide bonds. The summed E-state index contributed by atoms with van der Waals surface area (Å²) < 4.78 is 34.2. The highest BCUT2D eigenvalue weighted by atomic mass is 32.1. The predicted octanol–water partition coefficient (Wildman–Crippen LogP) is 12.3. The number of anilines is 6. The molecule has 0 N–H and O–H groups in total. The Balaban J connectivity index is 1.37. The zero-order chi connectivity index (χ0) is 39.0. The Kier molecular flexibility index (Phi) is 7.65. The van der Waals surface area contributed by atoms with Crippen molar-refractivity contribution in [1.29, 1.82) is 0 Å². The molecule has 6 heteroatoms. The first-order chi connectivity index (χ1) is 26.8. The van der Waals surface area contributed by atoms with Gasteiger partial charge in [0.05, 0.1) is 16.4 Å². The van der Waals surface area contributed by atoms with E-state index in [0.717, 1.165) is 61.7 Å². The summed E-state index contributed by atoms with van der Waals surface area (Å²) in [5.74, 6) is -0.531. The van der Waals surface area contributed by atoms with E-state index < -0.39 is 0 Å². The van der Waals surface area contributed by atoms with Gasteiger partial charge in [-0.3, -0.25) is 4.90 Å². The first-order valence-corrected chi connectivity index (χ1v) is 20.8. The topological polar surface area (TPSA) is 6.48 Å². The Morgan fingerprint density at radius 3 is 1.98 bits per heavy atom. The van der Waals surface area contributed by atoms with Gasteiger partial charge in [0.25, 0.3) is 6.71 Å². The van der Waals surface area contributed by atoms with Gasteiger partial charge >= 0.3 is 0 Å². The number of halogens is 2. The second-order valence-electron chi connectivity index (χ2n) is 17.4. The molecule has 2 nitrogen and oxygen atoms in total. The zero-order valence-corrected chi connectivity index (χ0v) is 34.2. The third-order valence-corrected chi connectivity index (χ3v) is 14.0. The van der Waals surface area contributed by atoms with E-state index in [1.807, 2.05) is 24.3 Å². The Bertz CT molecular complexity index is 2810. The lowest BCUT2D eigenvalue weighted by molar-refractivity contribution is 0.589. The van der Waals surface area contributed by atoms with Gasteiger partial charge in [0.15, 0.2) is 0 Å². The molecule has 0 saturated carbocycles. The minimum Gasteiger partial charge on any atom is -0.308 e. The maximum absolute atomic E-state index is 16.7. The van der Waals surface area contributed by atoms with Crippen molar-refractivity contribution >= 4 is 78.0 Å². The van der Waals surface area contributed by atoms with Gasteiger partial charge in [0.1, 0.15) is 11.6 Å². The minimum absolute atomic E-state index is 0.0146. The number of fused-ring (bicyclic) bond motifs is 9. The van der Waals surface area contributed by atoms with Crippen molar-refractivity contribution in [2.75, 3.05) is 9.80 Å². The molecule has 7 aromatic rings. The summed E-state index contributed by atoms with van der Waals surface area (Å²) in [5.41, 5.74) is 16.8. The molecule has 3 aliphatic rings. The SMILES string of the molecule is CCc1ccc(F)c(N2c3cccc4c3B(c3cc5c(c(C)c3N4c3cc(CC)ccc3F)C(C)(C)c3ccc(C(C)(C)C)cc3-5)c3c2sc2ccccc32)c1. The van der Waals surface area contributed by atoms with E-state index in [1.54, 1.807) is 23.5 Å². The Morgan fingerprint density at radius 2 is 1.32 bits per heavy atom. The molecule has 1 aliphatic carbocycles. The van der Waals surface area contributed by atoms with Crippen molar-refractivity contribution in [3.63, 3.8) is 0 Å². The van der Waals surface area contributed by atoms with Crippen LogP contribution in [0.3, 0.4) is 0 Å². The number of benzene rings is 6. The van der Waals surface area contributed by atoms with Crippen molar-refractivity contribution in [1.82, 2.24) is 0 Å². The molecule has 0 saturated heterocycles. The van der Waals surface area contributed by atoms with Gasteiger partial charge in [-0.1, -0.05) is 109 Å². The molecular formula is C50H45BF2N2S. The molecule has 278 valence electrons. The average Bonchev–Trinajstić information content (AvgIpc) is 3.67. The van der Waals surface area contributed by atoms with E-state index in [9.17, 15) is 0 Å². The summed E-state index contributed by atoms with van der Waals surface area (Å²) in [6, 6.07) is 35.5. The fraction of sp³-hybridized carbons (Fsp3) is 0.240. The van der Waals surface area contributed by atoms with Crippen LogP contribution in [0.2, 0.25) is 0 Å². The van der Waals surface area contributed by atoms with Crippen LogP contribution < -0.4 is 26.2 Å². The van der Waals surface area contributed by atoms with E-state index in [0.29, 0.717) is 11.4 Å². The van der Waals surface area contributed by atoms with Crippen molar-refractivity contribution in [2.24, 2.45) is 0 Å². The molecule has 0 unspecified atom stereocenters. The molecule has 6 aromatic carbocycles. The van der Waals surface area contributed by atoms with Crippen molar-refractivity contribution in [2.45, 2.75) is 79.1 Å². The molecule has 0 bridgehead atoms. The van der Waals surface area contributed by atoms with Crippen LogP contribution in [0.4, 0.5) is 42.2 Å². The number of hydrogen-bond donors (Lipinski definition) is 0. The van der Waals surface area contributed by atoms with Crippen LogP contribution in [0.1, 0.15) is 81.8 Å². The largest absolute Gasteiger partial charge is 0.308 e. The molecule has 0 radical (unpaired) electrons. The normalized spacial score (nSPS) is 14.8. The predicted molar refractivity (Wildman–Crippen MR) is 236 cm³/mol. The van der Waals surface area contributed by atoms with Crippen LogP contribution in [0.25, 0.3) is 21.2 Å². The lowest BCUT2D eigenvalue weighted by Crippen LogP contribution is -2.61. The van der Waals surface area contributed by atoms with Crippen LogP contribution in [0.15, 0.2) is 103 Å². The van der Waals surface area contributed by atoms with Crippen LogP contribution in [0, 0.1) is 18.6 Å². The Labute approximate surface area is 333 Å². The van der Waals surface area contributed by atoms with Gasteiger partial charge in [0.2, 0.25) is 0 Å². The average molecular weight is 755 g/mol. The molecular weight excluding hydrogens is 709 g/mol. The molecule has 0 spiro atoms. The highest BCUT2D eigenvalue weighted by molar-refractivity contribution is 7.26. The van der Waals surface area contributed by atoms with E-state index in [-0.39, 0.29) is 29.2 Å². The van der Waals surface area contributed by atoms with Gasteiger partial charge in [-0.05, 0) is 134 Å². The van der Waals surface area contributed by atoms with Crippen molar-refractivity contribution < 1.29 is 8.78 Å². The summed E-state index contributed by atoms with van der Waals surface area (Å²) in [6.45, 7) is 17.8. The quantitative estimate of drug-likeness (QED) is 0.165. The molecule has 3 heterocycles. The van der Waals surface area contributed by atoms with Crippen LogP contribution >= 0.6 is 11.3 Å². The molecule has 1 aromatic heterocycles. The standard InChI is InChI=1S/C50H45BF2N2S/c1-9-29-18-22-37(52)41(24-29)54-39-15-13-16-40-46(39)51(45-32-14-11-12-17-43(32)56-48(45)55(40)42-25-30(10-2)19-23-38(42)53)36-27-34-33-26-31(49(4,5)6)20-21-35(33)50(7,8)44(34)28(3)47(36)54/h11-27H,9-10H2,1-8H3. The maximum atomic E-state index is 16.7. The lowest BCUT2D eigenvalue weighted by atomic mass is 9.33. The number of thiophene rings is 1. The van der Waals surface area contributed by atoms with Gasteiger partial charge in [-0.2, -0.15) is 0 Å². The summed E-state index contributed by atoms with van der Waals surface area (Å²) in [7, 11) is 0. The highest BCUT2D eigenvalue weighted by Gasteiger charge is 2.49. The summed E-state index contributed by atoms with van der Waals surface area (Å²) in [4.78, 5) is 4.35. The van der Waals surface area contributed by atoms with E-state index in [4.69, 9.17) is 0 Å². The van der Waals surface area contributed by atoms with E-state index in [1.165, 1.54) is 44.2 Å². The Morgan fingerprint density at radius 1 is 0.679 bits per heavy atom. The number of aryl methyl sites for hydroxylation is 2. The van der Waals surface area contributed by atoms with Gasteiger partial charge in [0, 0.05) is 27.2 Å². The Hall–Kier alpha value is -5.20. The maximum Gasteiger partial charge on any atom is 0.254 e. The molecule has 0 fully saturated rings. The first kappa shape index (κ1) is 35.2. The number of rotatable bonds is 4. The number of nitrogens with zero attached hydrogens (tertiary/aromatic N) is 2. The van der Waals surface area contributed by atoms with E-state index in [2.05, 4.69) is 132 Å². The fourth-order valence-corrected chi connectivity index (χ4v) is 11.3. The third-order valence-electron chi connectivity index (χ3n) is 12.8. The fourth-order valence-electron chi connectivity index (χ4n) is 10.1. The lowest BCUT2D eigenvalue weighted by Gasteiger charge is -2.44. The van der Waals surface area contributed by atoms with E-state index >= 15 is 8.78 Å². The second-order valence-corrected chi connectivity index (χ2v) is 18.4. The minimum atomic E-state index is -0.275. The first-order valence-electron chi connectivity index (χ1n) is 20.0. The van der Waals surface area contributed by atoms with Crippen LogP contribution in [-0.4, -0.2) is 6.71 Å². The number of hydrogen-bond acceptors (Lipinski definition) is 3. The zero-order valence-electron chi connectivity index (χ0n) is 33.4. The van der Waals surface area contributed by atoms with Crippen LogP contribution in [0.5, 0.6) is 0 Å². The van der Waals surface area contributed by atoms with Gasteiger partial charge in [-0.25, -0.2) is 8.78 Å². The molecule has 56 heavy (non-hydrogen) atoms. The van der Waals surface area contributed by atoms with Gasteiger partial charge < -0.3 is 4.90 Å². The molecule has 10 rings (SSSR count). The molecule has 2 aliphatic heterocycles. The third kappa shape index (κ3) is 4.78. The monoisotopic (exact) mass is 754 g/mol. The van der Waals surface area contributed by atoms with Gasteiger partial charge in [-0.15, -0.1) is 11.3 Å². The van der Waals surface area contributed by atoms with Crippen molar-refractivity contribution in [3.05, 3.63) is 148 Å². The summed E-state index contributed by atoms with van der Waals surface area (Å²) in [6.07, 6.45) is 1.58. The van der Waals surface area contributed by atoms with Crippen LogP contribution in [-0.2, 0) is 23.7 Å².